The van der Waals surface area contributed by atoms with Crippen LogP contribution in [-0.2, 0) is 18.8 Å². The molecule has 1 atom stereocenters. The van der Waals surface area contributed by atoms with Crippen molar-refractivity contribution in [3.63, 3.8) is 0 Å². The van der Waals surface area contributed by atoms with Gasteiger partial charge in [-0.05, 0) is 42.3 Å². The number of nitrogens with zero attached hydrogens (tertiary/aromatic N) is 1. The number of piperazine rings is 1. The third kappa shape index (κ3) is 6.21. The van der Waals surface area contributed by atoms with Gasteiger partial charge in [0.2, 0.25) is 0 Å². The van der Waals surface area contributed by atoms with Crippen molar-refractivity contribution in [1.82, 2.24) is 10.2 Å². The van der Waals surface area contributed by atoms with Crippen LogP contribution in [0.3, 0.4) is 0 Å². The van der Waals surface area contributed by atoms with Crippen LogP contribution in [0.25, 0.3) is 0 Å². The van der Waals surface area contributed by atoms with Crippen molar-refractivity contribution in [3.8, 4) is 0 Å². The lowest BCUT2D eigenvalue weighted by molar-refractivity contribution is -0.143. The standard InChI is InChI=1S/C20H16Cl2F6N2O.ClH/c21-16-2-1-11(6-17(16)22)5-15-10-29-3-4-30(15)18(31)12-7-13(19(23,24)25)9-14(8-12)20(26,27)28;/h1-2,6-9,15,29H,3-5,10H2;1H/t15-;/m1./s1. The smallest absolute Gasteiger partial charge is 0.333 e. The summed E-state index contributed by atoms with van der Waals surface area (Å²) in [7, 11) is 0. The van der Waals surface area contributed by atoms with Crippen molar-refractivity contribution < 1.29 is 31.1 Å². The second kappa shape index (κ2) is 10.1. The first-order chi connectivity index (χ1) is 14.4. The van der Waals surface area contributed by atoms with Crippen LogP contribution in [-0.4, -0.2) is 36.5 Å². The fourth-order valence-corrected chi connectivity index (χ4v) is 3.71. The molecule has 2 aromatic carbocycles. The summed E-state index contributed by atoms with van der Waals surface area (Å²) in [5.74, 6) is -0.900. The van der Waals surface area contributed by atoms with Crippen molar-refractivity contribution in [3.05, 3.63) is 68.7 Å². The molecular weight excluding hydrogens is 505 g/mol. The molecule has 12 heteroatoms. The van der Waals surface area contributed by atoms with E-state index in [1.54, 1.807) is 18.2 Å². The first-order valence-corrected chi connectivity index (χ1v) is 9.87. The van der Waals surface area contributed by atoms with Gasteiger partial charge in [0, 0.05) is 31.2 Å². The minimum absolute atomic E-state index is 0. The summed E-state index contributed by atoms with van der Waals surface area (Å²) in [6, 6.07) is 5.28. The quantitative estimate of drug-likeness (QED) is 0.495. The minimum atomic E-state index is -5.03. The molecule has 176 valence electrons. The molecule has 0 bridgehead atoms. The first kappa shape index (κ1) is 26.6. The van der Waals surface area contributed by atoms with E-state index in [1.165, 1.54) is 4.90 Å². The van der Waals surface area contributed by atoms with E-state index >= 15 is 0 Å². The van der Waals surface area contributed by atoms with Gasteiger partial charge in [0.05, 0.1) is 21.2 Å². The zero-order chi connectivity index (χ0) is 23.0. The molecule has 1 amide bonds. The Labute approximate surface area is 196 Å². The molecule has 0 aliphatic carbocycles. The van der Waals surface area contributed by atoms with E-state index in [9.17, 15) is 31.1 Å². The van der Waals surface area contributed by atoms with Crippen LogP contribution in [0.15, 0.2) is 36.4 Å². The van der Waals surface area contributed by atoms with Crippen LogP contribution < -0.4 is 5.32 Å². The summed E-state index contributed by atoms with van der Waals surface area (Å²) < 4.78 is 78.9. The highest BCUT2D eigenvalue weighted by Gasteiger charge is 2.38. The van der Waals surface area contributed by atoms with Crippen molar-refractivity contribution in [2.75, 3.05) is 19.6 Å². The lowest BCUT2D eigenvalue weighted by Gasteiger charge is -2.36. The van der Waals surface area contributed by atoms with Gasteiger partial charge in [-0.15, -0.1) is 12.4 Å². The van der Waals surface area contributed by atoms with Crippen LogP contribution in [0.2, 0.25) is 10.0 Å². The van der Waals surface area contributed by atoms with Gasteiger partial charge in [0.1, 0.15) is 0 Å². The predicted octanol–water partition coefficient (Wildman–Crippen LogP) is 6.11. The first-order valence-electron chi connectivity index (χ1n) is 9.11. The number of carbonyl (C=O) groups is 1. The average molecular weight is 522 g/mol. The lowest BCUT2D eigenvalue weighted by atomic mass is 9.99. The number of halogens is 9. The fourth-order valence-electron chi connectivity index (χ4n) is 3.39. The summed E-state index contributed by atoms with van der Waals surface area (Å²) in [5.41, 5.74) is -2.99. The Hall–Kier alpha value is -1.68. The Morgan fingerprint density at radius 3 is 2.09 bits per heavy atom. The van der Waals surface area contributed by atoms with Crippen LogP contribution in [0.1, 0.15) is 27.0 Å². The molecule has 2 aromatic rings. The van der Waals surface area contributed by atoms with Gasteiger partial charge in [0.15, 0.2) is 0 Å². The van der Waals surface area contributed by atoms with Crippen LogP contribution in [0.4, 0.5) is 26.3 Å². The Morgan fingerprint density at radius 2 is 1.56 bits per heavy atom. The van der Waals surface area contributed by atoms with E-state index in [0.717, 1.165) is 5.56 Å². The largest absolute Gasteiger partial charge is 0.416 e. The Kier molecular flexibility index (Phi) is 8.36. The second-order valence-electron chi connectivity index (χ2n) is 7.10. The molecule has 1 heterocycles. The van der Waals surface area contributed by atoms with Crippen molar-refractivity contribution in [2.45, 2.75) is 24.8 Å². The molecule has 3 rings (SSSR count). The molecule has 0 saturated carbocycles. The van der Waals surface area contributed by atoms with E-state index in [-0.39, 0.29) is 25.0 Å². The minimum Gasteiger partial charge on any atom is -0.333 e. The molecule has 0 unspecified atom stereocenters. The normalized spacial score (nSPS) is 17.1. The van der Waals surface area contributed by atoms with E-state index in [4.69, 9.17) is 23.2 Å². The highest BCUT2D eigenvalue weighted by atomic mass is 35.5. The molecular formula is C20H17Cl3F6N2O. The maximum absolute atomic E-state index is 13.2. The highest BCUT2D eigenvalue weighted by molar-refractivity contribution is 6.42. The molecule has 32 heavy (non-hydrogen) atoms. The van der Waals surface area contributed by atoms with E-state index in [1.807, 2.05) is 0 Å². The molecule has 1 fully saturated rings. The summed E-state index contributed by atoms with van der Waals surface area (Å²) >= 11 is 11.9. The monoisotopic (exact) mass is 520 g/mol. The van der Waals surface area contributed by atoms with E-state index < -0.39 is 41.0 Å². The van der Waals surface area contributed by atoms with Crippen LogP contribution >= 0.6 is 35.6 Å². The number of hydrogen-bond donors (Lipinski definition) is 1. The van der Waals surface area contributed by atoms with Crippen LogP contribution in [0, 0.1) is 0 Å². The van der Waals surface area contributed by atoms with Gasteiger partial charge in [-0.1, -0.05) is 29.3 Å². The number of rotatable bonds is 3. The second-order valence-corrected chi connectivity index (χ2v) is 7.92. The summed E-state index contributed by atoms with van der Waals surface area (Å²) in [6.45, 7) is 0.800. The summed E-state index contributed by atoms with van der Waals surface area (Å²) in [5, 5.41) is 3.71. The fraction of sp³-hybridized carbons (Fsp3) is 0.350. The van der Waals surface area contributed by atoms with Crippen LogP contribution in [0.5, 0.6) is 0 Å². The van der Waals surface area contributed by atoms with Gasteiger partial charge in [-0.2, -0.15) is 26.3 Å². The van der Waals surface area contributed by atoms with Gasteiger partial charge >= 0.3 is 12.4 Å². The third-order valence-corrected chi connectivity index (χ3v) is 5.64. The Morgan fingerprint density at radius 1 is 0.969 bits per heavy atom. The Bertz CT molecular complexity index is 949. The lowest BCUT2D eigenvalue weighted by Crippen LogP contribution is -2.54. The molecule has 3 nitrogen and oxygen atoms in total. The SMILES string of the molecule is Cl.O=C(c1cc(C(F)(F)F)cc(C(F)(F)F)c1)N1CCNC[C@H]1Cc1ccc(Cl)c(Cl)c1. The molecule has 0 spiro atoms. The highest BCUT2D eigenvalue weighted by Crippen LogP contribution is 2.36. The number of alkyl halides is 6. The Balaban J connectivity index is 0.00000363. The van der Waals surface area contributed by atoms with Gasteiger partial charge in [-0.3, -0.25) is 4.79 Å². The van der Waals surface area contributed by atoms with Gasteiger partial charge < -0.3 is 10.2 Å². The number of benzene rings is 2. The van der Waals surface area contributed by atoms with Gasteiger partial charge in [0.25, 0.3) is 5.91 Å². The van der Waals surface area contributed by atoms with E-state index in [0.29, 0.717) is 41.7 Å². The van der Waals surface area contributed by atoms with E-state index in [2.05, 4.69) is 5.32 Å². The van der Waals surface area contributed by atoms with Crippen molar-refractivity contribution >= 4 is 41.5 Å². The molecule has 0 radical (unpaired) electrons. The number of amides is 1. The van der Waals surface area contributed by atoms with Gasteiger partial charge in [-0.25, -0.2) is 0 Å². The molecule has 1 aliphatic rings. The number of nitrogens with one attached hydrogen (secondary N) is 1. The predicted molar refractivity (Wildman–Crippen MR) is 112 cm³/mol. The number of carbonyl (C=O) groups excluding carboxylic acids is 1. The maximum atomic E-state index is 13.2. The van der Waals surface area contributed by atoms with Crippen molar-refractivity contribution in [1.29, 1.82) is 0 Å². The average Bonchev–Trinajstić information content (AvgIpc) is 2.69. The third-order valence-electron chi connectivity index (χ3n) is 4.90. The number of hydrogen-bond acceptors (Lipinski definition) is 2. The summed E-state index contributed by atoms with van der Waals surface area (Å²) in [6.07, 6.45) is -9.76. The maximum Gasteiger partial charge on any atom is 0.416 e. The van der Waals surface area contributed by atoms with Crippen molar-refractivity contribution in [2.24, 2.45) is 0 Å². The molecule has 0 aromatic heterocycles. The zero-order valence-corrected chi connectivity index (χ0v) is 18.5. The molecule has 1 aliphatic heterocycles. The molecule has 1 saturated heterocycles. The topological polar surface area (TPSA) is 32.3 Å². The molecule has 1 N–H and O–H groups in total. The summed E-state index contributed by atoms with van der Waals surface area (Å²) in [4.78, 5) is 14.3. The zero-order valence-electron chi connectivity index (χ0n) is 16.2.